The number of nitrogens with zero attached hydrogens (tertiary/aromatic N) is 1. The van der Waals surface area contributed by atoms with Crippen LogP contribution in [0.1, 0.15) is 18.1 Å². The number of nitrogens with one attached hydrogen (secondary N) is 2. The number of rotatable bonds is 4. The van der Waals surface area contributed by atoms with Crippen molar-refractivity contribution in [2.75, 3.05) is 11.9 Å². The maximum absolute atomic E-state index is 13.1. The van der Waals surface area contributed by atoms with Gasteiger partial charge in [0.15, 0.2) is 0 Å². The van der Waals surface area contributed by atoms with Crippen LogP contribution in [0.25, 0.3) is 0 Å². The van der Waals surface area contributed by atoms with Gasteiger partial charge in [-0.1, -0.05) is 40.2 Å². The highest BCUT2D eigenvalue weighted by atomic mass is 79.9. The molecule has 1 heterocycles. The zero-order chi connectivity index (χ0) is 21.4. The number of carbonyl (C=O) groups is 3. The molecular formula is C19H15BrF3N3O3. The van der Waals surface area contributed by atoms with Gasteiger partial charge in [0.25, 0.3) is 5.91 Å². The second-order valence-electron chi connectivity index (χ2n) is 6.55. The third kappa shape index (κ3) is 4.12. The minimum atomic E-state index is -4.66. The molecule has 29 heavy (non-hydrogen) atoms. The Morgan fingerprint density at radius 1 is 1.17 bits per heavy atom. The fourth-order valence-electron chi connectivity index (χ4n) is 3.01. The molecule has 1 saturated heterocycles. The number of hydrogen-bond acceptors (Lipinski definition) is 3. The lowest BCUT2D eigenvalue weighted by Crippen LogP contribution is -2.42. The number of urea groups is 1. The number of anilines is 1. The summed E-state index contributed by atoms with van der Waals surface area (Å²) >= 11 is 3.29. The van der Waals surface area contributed by atoms with Crippen LogP contribution in [0.2, 0.25) is 0 Å². The van der Waals surface area contributed by atoms with Gasteiger partial charge in [0.05, 0.1) is 11.3 Å². The standard InChI is InChI=1S/C19H15BrF3N3O3/c1-18(11-5-4-6-12(20)9-11)16(28)26(17(29)25-18)10-15(27)24-14-8-3-2-7-13(14)19(21,22)23/h2-9H,10H2,1H3,(H,24,27)(H,25,29)/t18-/m1/s1. The van der Waals surface area contributed by atoms with E-state index in [1.807, 2.05) is 0 Å². The Balaban J connectivity index is 1.78. The van der Waals surface area contributed by atoms with Gasteiger partial charge in [-0.15, -0.1) is 0 Å². The molecule has 0 bridgehead atoms. The highest BCUT2D eigenvalue weighted by molar-refractivity contribution is 9.10. The number of imide groups is 1. The number of carbonyl (C=O) groups excluding carboxylic acids is 3. The van der Waals surface area contributed by atoms with E-state index < -0.39 is 47.4 Å². The summed E-state index contributed by atoms with van der Waals surface area (Å²) in [6.45, 7) is 0.770. The average Bonchev–Trinajstić information content (AvgIpc) is 2.85. The van der Waals surface area contributed by atoms with E-state index in [4.69, 9.17) is 0 Å². The second kappa shape index (κ2) is 7.51. The molecule has 0 radical (unpaired) electrons. The molecule has 3 rings (SSSR count). The molecule has 0 aliphatic carbocycles. The highest BCUT2D eigenvalue weighted by Gasteiger charge is 2.49. The summed E-state index contributed by atoms with van der Waals surface area (Å²) in [7, 11) is 0. The van der Waals surface area contributed by atoms with Crippen molar-refractivity contribution < 1.29 is 27.6 Å². The maximum atomic E-state index is 13.1. The molecule has 6 nitrogen and oxygen atoms in total. The van der Waals surface area contributed by atoms with Gasteiger partial charge < -0.3 is 10.6 Å². The Labute approximate surface area is 172 Å². The Kier molecular flexibility index (Phi) is 5.40. The van der Waals surface area contributed by atoms with E-state index in [0.717, 1.165) is 12.1 Å². The Bertz CT molecular complexity index is 996. The molecule has 4 amide bonds. The van der Waals surface area contributed by atoms with Crippen LogP contribution in [0.3, 0.4) is 0 Å². The summed E-state index contributed by atoms with van der Waals surface area (Å²) in [5, 5.41) is 4.66. The lowest BCUT2D eigenvalue weighted by Gasteiger charge is -2.22. The maximum Gasteiger partial charge on any atom is 0.418 e. The third-order valence-corrected chi connectivity index (χ3v) is 4.98. The van der Waals surface area contributed by atoms with Crippen molar-refractivity contribution in [2.24, 2.45) is 0 Å². The molecule has 1 atom stereocenters. The van der Waals surface area contributed by atoms with Gasteiger partial charge >= 0.3 is 12.2 Å². The quantitative estimate of drug-likeness (QED) is 0.667. The van der Waals surface area contributed by atoms with E-state index in [1.165, 1.54) is 19.1 Å². The number of amides is 4. The lowest BCUT2D eigenvalue weighted by atomic mass is 9.92. The summed E-state index contributed by atoms with van der Waals surface area (Å²) in [6, 6.07) is 10.4. The zero-order valence-corrected chi connectivity index (χ0v) is 16.6. The predicted octanol–water partition coefficient (Wildman–Crippen LogP) is 3.87. The van der Waals surface area contributed by atoms with Crippen LogP contribution in [0.4, 0.5) is 23.7 Å². The zero-order valence-electron chi connectivity index (χ0n) is 15.0. The molecular weight excluding hydrogens is 455 g/mol. The molecule has 2 N–H and O–H groups in total. The first-order valence-corrected chi connectivity index (χ1v) is 9.18. The molecule has 2 aromatic rings. The normalized spacial score (nSPS) is 19.3. The van der Waals surface area contributed by atoms with Gasteiger partial charge in [0.2, 0.25) is 5.91 Å². The first-order valence-electron chi connectivity index (χ1n) is 8.38. The summed E-state index contributed by atoms with van der Waals surface area (Å²) in [5.74, 6) is -1.61. The fourth-order valence-corrected chi connectivity index (χ4v) is 3.41. The van der Waals surface area contributed by atoms with E-state index in [0.29, 0.717) is 14.9 Å². The number of benzene rings is 2. The topological polar surface area (TPSA) is 78.5 Å². The smallest absolute Gasteiger partial charge is 0.324 e. The van der Waals surface area contributed by atoms with Crippen LogP contribution < -0.4 is 10.6 Å². The van der Waals surface area contributed by atoms with Crippen molar-refractivity contribution in [1.82, 2.24) is 10.2 Å². The van der Waals surface area contributed by atoms with Crippen LogP contribution in [0.15, 0.2) is 53.0 Å². The Hall–Kier alpha value is -2.88. The number of halogens is 4. The third-order valence-electron chi connectivity index (χ3n) is 4.49. The Morgan fingerprint density at radius 2 is 1.86 bits per heavy atom. The van der Waals surface area contributed by atoms with Crippen molar-refractivity contribution in [2.45, 2.75) is 18.6 Å². The minimum Gasteiger partial charge on any atom is -0.324 e. The first kappa shape index (κ1) is 20.8. The molecule has 1 aliphatic rings. The first-order chi connectivity index (χ1) is 13.5. The van der Waals surface area contributed by atoms with Crippen molar-refractivity contribution in [3.8, 4) is 0 Å². The van der Waals surface area contributed by atoms with E-state index in [2.05, 4.69) is 26.6 Å². The number of para-hydroxylation sites is 1. The van der Waals surface area contributed by atoms with Crippen molar-refractivity contribution >= 4 is 39.5 Å². The second-order valence-corrected chi connectivity index (χ2v) is 7.46. The van der Waals surface area contributed by atoms with Gasteiger partial charge in [0.1, 0.15) is 12.1 Å². The van der Waals surface area contributed by atoms with Crippen LogP contribution in [-0.4, -0.2) is 29.3 Å². The van der Waals surface area contributed by atoms with Gasteiger partial charge in [-0.2, -0.15) is 13.2 Å². The molecule has 1 aliphatic heterocycles. The summed E-state index contributed by atoms with van der Waals surface area (Å²) in [4.78, 5) is 38.1. The van der Waals surface area contributed by atoms with Gasteiger partial charge in [-0.3, -0.25) is 14.5 Å². The lowest BCUT2D eigenvalue weighted by molar-refractivity contribution is -0.137. The minimum absolute atomic E-state index is 0.452. The van der Waals surface area contributed by atoms with Crippen LogP contribution in [0, 0.1) is 0 Å². The largest absolute Gasteiger partial charge is 0.418 e. The molecule has 2 aromatic carbocycles. The van der Waals surface area contributed by atoms with Crippen LogP contribution in [-0.2, 0) is 21.3 Å². The van der Waals surface area contributed by atoms with Crippen LogP contribution >= 0.6 is 15.9 Å². The molecule has 0 spiro atoms. The molecule has 0 aromatic heterocycles. The summed E-state index contributed by atoms with van der Waals surface area (Å²) in [5.41, 5.74) is -2.38. The van der Waals surface area contributed by atoms with Crippen molar-refractivity contribution in [1.29, 1.82) is 0 Å². The van der Waals surface area contributed by atoms with E-state index in [-0.39, 0.29) is 0 Å². The van der Waals surface area contributed by atoms with Crippen molar-refractivity contribution in [3.05, 3.63) is 64.1 Å². The van der Waals surface area contributed by atoms with Crippen molar-refractivity contribution in [3.63, 3.8) is 0 Å². The van der Waals surface area contributed by atoms with Crippen LogP contribution in [0.5, 0.6) is 0 Å². The average molecular weight is 470 g/mol. The van der Waals surface area contributed by atoms with Gasteiger partial charge in [-0.25, -0.2) is 4.79 Å². The van der Waals surface area contributed by atoms with Gasteiger partial charge in [-0.05, 0) is 36.8 Å². The Morgan fingerprint density at radius 3 is 2.52 bits per heavy atom. The number of alkyl halides is 3. The monoisotopic (exact) mass is 469 g/mol. The molecule has 1 fully saturated rings. The molecule has 0 unspecified atom stereocenters. The van der Waals surface area contributed by atoms with Gasteiger partial charge in [0, 0.05) is 4.47 Å². The summed E-state index contributed by atoms with van der Waals surface area (Å²) in [6.07, 6.45) is -4.66. The SMILES string of the molecule is C[C@]1(c2cccc(Br)c2)NC(=O)N(CC(=O)Nc2ccccc2C(F)(F)F)C1=O. The predicted molar refractivity (Wildman–Crippen MR) is 102 cm³/mol. The molecule has 152 valence electrons. The molecule has 0 saturated carbocycles. The molecule has 10 heteroatoms. The highest BCUT2D eigenvalue weighted by Crippen LogP contribution is 2.35. The van der Waals surface area contributed by atoms with E-state index in [9.17, 15) is 27.6 Å². The summed E-state index contributed by atoms with van der Waals surface area (Å²) < 4.78 is 39.9. The fraction of sp³-hybridized carbons (Fsp3) is 0.211. The van der Waals surface area contributed by atoms with E-state index >= 15 is 0 Å². The number of hydrogen-bond donors (Lipinski definition) is 2. The van der Waals surface area contributed by atoms with E-state index in [1.54, 1.807) is 24.3 Å².